The fourth-order valence-electron chi connectivity index (χ4n) is 1.79. The number of pyridine rings is 1. The first-order valence-corrected chi connectivity index (χ1v) is 5.90. The molecule has 0 saturated carbocycles. The zero-order chi connectivity index (χ0) is 13.0. The van der Waals surface area contributed by atoms with E-state index in [1.807, 2.05) is 36.1 Å². The maximum absolute atomic E-state index is 12.8. The average Bonchev–Trinajstić information content (AvgIpc) is 2.39. The van der Waals surface area contributed by atoms with Crippen molar-refractivity contribution < 1.29 is 4.39 Å². The monoisotopic (exact) mass is 245 g/mol. The van der Waals surface area contributed by atoms with Crippen LogP contribution in [0.15, 0.2) is 42.6 Å². The third kappa shape index (κ3) is 2.77. The number of hydrogen-bond acceptors (Lipinski definition) is 3. The van der Waals surface area contributed by atoms with Crippen molar-refractivity contribution in [3.8, 4) is 0 Å². The van der Waals surface area contributed by atoms with Crippen LogP contribution in [-0.4, -0.2) is 11.5 Å². The molecule has 0 aliphatic heterocycles. The van der Waals surface area contributed by atoms with Gasteiger partial charge in [-0.15, -0.1) is 0 Å². The van der Waals surface area contributed by atoms with E-state index in [1.165, 1.54) is 12.3 Å². The Morgan fingerprint density at radius 1 is 1.22 bits per heavy atom. The van der Waals surface area contributed by atoms with Crippen LogP contribution in [0.4, 0.5) is 15.9 Å². The van der Waals surface area contributed by atoms with Crippen molar-refractivity contribution in [1.29, 1.82) is 0 Å². The van der Waals surface area contributed by atoms with Crippen molar-refractivity contribution in [3.63, 3.8) is 0 Å². The van der Waals surface area contributed by atoms with Crippen LogP contribution < -0.4 is 10.6 Å². The van der Waals surface area contributed by atoms with E-state index < -0.39 is 0 Å². The number of para-hydroxylation sites is 1. The minimum atomic E-state index is -0.325. The van der Waals surface area contributed by atoms with Crippen molar-refractivity contribution in [2.75, 3.05) is 17.2 Å². The molecule has 1 aromatic heterocycles. The first-order chi connectivity index (χ1) is 8.70. The number of halogens is 1. The Bertz CT molecular complexity index is 511. The zero-order valence-electron chi connectivity index (χ0n) is 10.3. The van der Waals surface area contributed by atoms with E-state index in [0.29, 0.717) is 6.54 Å². The van der Waals surface area contributed by atoms with Crippen LogP contribution in [0.5, 0.6) is 0 Å². The summed E-state index contributed by atoms with van der Waals surface area (Å²) in [5.41, 5.74) is 7.73. The largest absolute Gasteiger partial charge is 0.398 e. The Labute approximate surface area is 106 Å². The number of aromatic nitrogens is 1. The van der Waals surface area contributed by atoms with Gasteiger partial charge in [0.05, 0.1) is 6.20 Å². The summed E-state index contributed by atoms with van der Waals surface area (Å²) in [6.07, 6.45) is 1.23. The van der Waals surface area contributed by atoms with Crippen LogP contribution in [0.25, 0.3) is 0 Å². The van der Waals surface area contributed by atoms with Crippen LogP contribution in [-0.2, 0) is 6.54 Å². The van der Waals surface area contributed by atoms with E-state index in [2.05, 4.69) is 4.98 Å². The fourth-order valence-corrected chi connectivity index (χ4v) is 1.79. The van der Waals surface area contributed by atoms with Gasteiger partial charge < -0.3 is 10.6 Å². The number of nitrogens with zero attached hydrogens (tertiary/aromatic N) is 2. The summed E-state index contributed by atoms with van der Waals surface area (Å²) in [7, 11) is 0. The van der Waals surface area contributed by atoms with E-state index >= 15 is 0 Å². The van der Waals surface area contributed by atoms with Gasteiger partial charge in [0.25, 0.3) is 0 Å². The van der Waals surface area contributed by atoms with Gasteiger partial charge in [0.2, 0.25) is 0 Å². The van der Waals surface area contributed by atoms with Crippen molar-refractivity contribution in [3.05, 3.63) is 54.0 Å². The van der Waals surface area contributed by atoms with Gasteiger partial charge in [0, 0.05) is 18.8 Å². The van der Waals surface area contributed by atoms with Crippen LogP contribution in [0, 0.1) is 5.82 Å². The van der Waals surface area contributed by atoms with Gasteiger partial charge >= 0.3 is 0 Å². The summed E-state index contributed by atoms with van der Waals surface area (Å²) in [4.78, 5) is 6.13. The second-order valence-electron chi connectivity index (χ2n) is 4.05. The summed E-state index contributed by atoms with van der Waals surface area (Å²) in [5.74, 6) is 0.427. The second-order valence-corrected chi connectivity index (χ2v) is 4.05. The normalized spacial score (nSPS) is 10.3. The number of hydrogen-bond donors (Lipinski definition) is 1. The first kappa shape index (κ1) is 12.4. The van der Waals surface area contributed by atoms with Crippen LogP contribution in [0.1, 0.15) is 12.5 Å². The van der Waals surface area contributed by atoms with Gasteiger partial charge in [0.15, 0.2) is 0 Å². The van der Waals surface area contributed by atoms with E-state index in [9.17, 15) is 4.39 Å². The quantitative estimate of drug-likeness (QED) is 0.842. The lowest BCUT2D eigenvalue weighted by Gasteiger charge is -2.22. The van der Waals surface area contributed by atoms with E-state index in [0.717, 1.165) is 23.6 Å². The number of anilines is 2. The predicted molar refractivity (Wildman–Crippen MR) is 71.8 cm³/mol. The highest BCUT2D eigenvalue weighted by molar-refractivity contribution is 5.49. The predicted octanol–water partition coefficient (Wildman–Crippen LogP) is 2.83. The molecule has 0 atom stereocenters. The maximum atomic E-state index is 12.8. The van der Waals surface area contributed by atoms with Crippen molar-refractivity contribution >= 4 is 11.5 Å². The third-order valence-corrected chi connectivity index (χ3v) is 2.83. The zero-order valence-corrected chi connectivity index (χ0v) is 10.3. The van der Waals surface area contributed by atoms with Gasteiger partial charge in [-0.25, -0.2) is 9.37 Å². The number of benzene rings is 1. The Morgan fingerprint density at radius 3 is 2.61 bits per heavy atom. The lowest BCUT2D eigenvalue weighted by molar-refractivity contribution is 0.620. The first-order valence-electron chi connectivity index (χ1n) is 5.90. The summed E-state index contributed by atoms with van der Waals surface area (Å²) < 4.78 is 12.8. The molecule has 0 aliphatic rings. The van der Waals surface area contributed by atoms with Gasteiger partial charge in [-0.1, -0.05) is 18.2 Å². The van der Waals surface area contributed by atoms with Gasteiger partial charge in [-0.2, -0.15) is 0 Å². The molecule has 1 aromatic carbocycles. The standard InChI is InChI=1S/C14H16FN3/c1-2-18(14-8-7-12(15)9-17-14)10-11-5-3-4-6-13(11)16/h3-9H,2,10,16H2,1H3. The molecule has 94 valence electrons. The molecule has 0 unspecified atom stereocenters. The Balaban J connectivity index is 2.20. The topological polar surface area (TPSA) is 42.1 Å². The van der Waals surface area contributed by atoms with E-state index in [-0.39, 0.29) is 5.82 Å². The molecule has 0 fully saturated rings. The second kappa shape index (κ2) is 5.49. The molecular weight excluding hydrogens is 229 g/mol. The van der Waals surface area contributed by atoms with Crippen LogP contribution in [0.2, 0.25) is 0 Å². The molecule has 0 spiro atoms. The van der Waals surface area contributed by atoms with Crippen molar-refractivity contribution in [2.45, 2.75) is 13.5 Å². The van der Waals surface area contributed by atoms with Gasteiger partial charge in [0.1, 0.15) is 11.6 Å². The molecule has 2 aromatic rings. The smallest absolute Gasteiger partial charge is 0.141 e. The number of nitrogens with two attached hydrogens (primary N) is 1. The summed E-state index contributed by atoms with van der Waals surface area (Å²) >= 11 is 0. The minimum Gasteiger partial charge on any atom is -0.398 e. The lowest BCUT2D eigenvalue weighted by Crippen LogP contribution is -2.23. The molecule has 3 nitrogen and oxygen atoms in total. The molecule has 0 bridgehead atoms. The summed E-state index contributed by atoms with van der Waals surface area (Å²) in [5, 5.41) is 0. The molecule has 2 rings (SSSR count). The Hall–Kier alpha value is -2.10. The number of nitrogen functional groups attached to an aromatic ring is 1. The maximum Gasteiger partial charge on any atom is 0.141 e. The molecule has 0 saturated heterocycles. The minimum absolute atomic E-state index is 0.325. The lowest BCUT2D eigenvalue weighted by atomic mass is 10.1. The summed E-state index contributed by atoms with van der Waals surface area (Å²) in [6.45, 7) is 3.49. The average molecular weight is 245 g/mol. The Kier molecular flexibility index (Phi) is 3.77. The van der Waals surface area contributed by atoms with Crippen molar-refractivity contribution in [1.82, 2.24) is 4.98 Å². The van der Waals surface area contributed by atoms with Crippen molar-refractivity contribution in [2.24, 2.45) is 0 Å². The SMILES string of the molecule is CCN(Cc1ccccc1N)c1ccc(F)cn1. The highest BCUT2D eigenvalue weighted by atomic mass is 19.1. The Morgan fingerprint density at radius 2 is 2.00 bits per heavy atom. The molecule has 18 heavy (non-hydrogen) atoms. The van der Waals surface area contributed by atoms with Gasteiger partial charge in [-0.3, -0.25) is 0 Å². The molecular formula is C14H16FN3. The number of rotatable bonds is 4. The molecule has 0 radical (unpaired) electrons. The third-order valence-electron chi connectivity index (χ3n) is 2.83. The van der Waals surface area contributed by atoms with E-state index in [4.69, 9.17) is 5.73 Å². The fraction of sp³-hybridized carbons (Fsp3) is 0.214. The summed E-state index contributed by atoms with van der Waals surface area (Å²) in [6, 6.07) is 10.8. The molecule has 0 amide bonds. The molecule has 4 heteroatoms. The van der Waals surface area contributed by atoms with E-state index in [1.54, 1.807) is 6.07 Å². The molecule has 2 N–H and O–H groups in total. The molecule has 1 heterocycles. The molecule has 0 aliphatic carbocycles. The highest BCUT2D eigenvalue weighted by Gasteiger charge is 2.08. The van der Waals surface area contributed by atoms with Crippen LogP contribution in [0.3, 0.4) is 0 Å². The highest BCUT2D eigenvalue weighted by Crippen LogP contribution is 2.18. The van der Waals surface area contributed by atoms with Gasteiger partial charge in [-0.05, 0) is 30.7 Å². The van der Waals surface area contributed by atoms with Crippen LogP contribution >= 0.6 is 0 Å².